The molecule has 0 bridgehead atoms. The molecule has 0 unspecified atom stereocenters. The van der Waals surface area contributed by atoms with Crippen molar-refractivity contribution in [3.63, 3.8) is 0 Å². The zero-order chi connectivity index (χ0) is 20.3. The number of aliphatic carboxylic acids is 1. The van der Waals surface area contributed by atoms with E-state index < -0.39 is 23.5 Å². The van der Waals surface area contributed by atoms with Crippen LogP contribution in [-0.4, -0.2) is 40.4 Å². The van der Waals surface area contributed by atoms with Crippen LogP contribution in [0.2, 0.25) is 0 Å². The van der Waals surface area contributed by atoms with Gasteiger partial charge >= 0.3 is 5.97 Å². The minimum Gasteiger partial charge on any atom is -0.480 e. The maximum atomic E-state index is 13.4. The zero-order valence-electron chi connectivity index (χ0n) is 16.0. The van der Waals surface area contributed by atoms with Crippen LogP contribution in [-0.2, 0) is 19.9 Å². The Hall–Kier alpha value is -3.15. The Morgan fingerprint density at radius 1 is 1.07 bits per heavy atom. The highest BCUT2D eigenvalue weighted by Crippen LogP contribution is 2.31. The van der Waals surface area contributed by atoms with E-state index in [9.17, 15) is 19.5 Å². The molecule has 3 rings (SSSR count). The summed E-state index contributed by atoms with van der Waals surface area (Å²) >= 11 is 0. The van der Waals surface area contributed by atoms with E-state index in [0.717, 1.165) is 11.1 Å². The molecule has 0 aromatic heterocycles. The first kappa shape index (κ1) is 19.6. The number of carbonyl (C=O) groups is 3. The molecule has 0 radical (unpaired) electrons. The fourth-order valence-corrected chi connectivity index (χ4v) is 3.80. The van der Waals surface area contributed by atoms with E-state index in [0.29, 0.717) is 24.9 Å². The number of carbonyl (C=O) groups excluding carboxylic acids is 2. The van der Waals surface area contributed by atoms with E-state index in [1.54, 1.807) is 13.0 Å². The molecule has 1 aliphatic heterocycles. The molecule has 1 fully saturated rings. The van der Waals surface area contributed by atoms with E-state index in [1.165, 1.54) is 11.8 Å². The molecule has 6 heteroatoms. The Labute approximate surface area is 164 Å². The number of nitrogens with zero attached hydrogens (tertiary/aromatic N) is 1. The van der Waals surface area contributed by atoms with Gasteiger partial charge in [0.25, 0.3) is 5.91 Å². The summed E-state index contributed by atoms with van der Waals surface area (Å²) in [6.45, 7) is 3.35. The Balaban J connectivity index is 2.03. The lowest BCUT2D eigenvalue weighted by Crippen LogP contribution is -2.57. The molecule has 2 amide bonds. The second kappa shape index (κ2) is 7.84. The molecule has 0 aliphatic carbocycles. The lowest BCUT2D eigenvalue weighted by molar-refractivity contribution is -0.151. The molecule has 2 aromatic carbocycles. The fourth-order valence-electron chi connectivity index (χ4n) is 3.80. The molecule has 28 heavy (non-hydrogen) atoms. The molecule has 2 atom stereocenters. The normalized spacial score (nSPS) is 18.4. The van der Waals surface area contributed by atoms with Crippen LogP contribution in [0.1, 0.15) is 32.3 Å². The van der Waals surface area contributed by atoms with Crippen LogP contribution in [0.3, 0.4) is 0 Å². The third kappa shape index (κ3) is 3.76. The summed E-state index contributed by atoms with van der Waals surface area (Å²) in [4.78, 5) is 38.3. The average Bonchev–Trinajstić information content (AvgIpc) is 3.17. The van der Waals surface area contributed by atoms with Crippen molar-refractivity contribution in [3.05, 3.63) is 60.2 Å². The molecule has 0 spiro atoms. The molecule has 2 N–H and O–H groups in total. The van der Waals surface area contributed by atoms with Crippen LogP contribution < -0.4 is 5.32 Å². The lowest BCUT2D eigenvalue weighted by Gasteiger charge is -2.35. The summed E-state index contributed by atoms with van der Waals surface area (Å²) in [5, 5.41) is 12.2. The van der Waals surface area contributed by atoms with Gasteiger partial charge < -0.3 is 15.3 Å². The Bertz CT molecular complexity index is 896. The predicted molar refractivity (Wildman–Crippen MR) is 105 cm³/mol. The van der Waals surface area contributed by atoms with E-state index in [4.69, 9.17) is 0 Å². The number of carboxylic acids is 1. The summed E-state index contributed by atoms with van der Waals surface area (Å²) in [5.41, 5.74) is 1.17. The molecule has 1 heterocycles. The topological polar surface area (TPSA) is 86.7 Å². The van der Waals surface area contributed by atoms with Crippen LogP contribution in [0.5, 0.6) is 0 Å². The molecule has 146 valence electrons. The van der Waals surface area contributed by atoms with E-state index in [-0.39, 0.29) is 5.91 Å². The first-order chi connectivity index (χ1) is 13.3. The molecule has 2 aromatic rings. The minimum absolute atomic E-state index is 0.355. The van der Waals surface area contributed by atoms with Crippen LogP contribution in [0.4, 0.5) is 0 Å². The van der Waals surface area contributed by atoms with Crippen molar-refractivity contribution in [2.24, 2.45) is 0 Å². The Morgan fingerprint density at radius 2 is 1.75 bits per heavy atom. The number of amides is 2. The fraction of sp³-hybridized carbons (Fsp3) is 0.318. The highest BCUT2D eigenvalue weighted by atomic mass is 16.4. The van der Waals surface area contributed by atoms with Crippen molar-refractivity contribution in [2.75, 3.05) is 6.54 Å². The average molecular weight is 380 g/mol. The Morgan fingerprint density at radius 3 is 2.39 bits per heavy atom. The van der Waals surface area contributed by atoms with Crippen LogP contribution >= 0.6 is 0 Å². The maximum absolute atomic E-state index is 13.4. The van der Waals surface area contributed by atoms with Gasteiger partial charge in [0.1, 0.15) is 11.6 Å². The quantitative estimate of drug-likeness (QED) is 0.835. The monoisotopic (exact) mass is 380 g/mol. The largest absolute Gasteiger partial charge is 0.480 e. The SMILES string of the molecule is CC(=O)N[C@@](C)(C(=O)N1CCC[C@H]1C(=O)O)c1cccc(-c2ccccc2)c1. The standard InChI is InChI=1S/C22H24N2O4/c1-15(25)23-22(2,21(28)24-13-7-12-19(24)20(26)27)18-11-6-10-17(14-18)16-8-4-3-5-9-16/h3-6,8-11,14,19H,7,12-13H2,1-2H3,(H,23,25)(H,26,27)/t19-,22+/m0/s1. The van der Waals surface area contributed by atoms with Gasteiger partial charge in [-0.2, -0.15) is 0 Å². The van der Waals surface area contributed by atoms with E-state index in [2.05, 4.69) is 5.32 Å². The summed E-state index contributed by atoms with van der Waals surface area (Å²) in [5.74, 6) is -1.78. The molecule has 1 aliphatic rings. The van der Waals surface area contributed by atoms with Crippen molar-refractivity contribution < 1.29 is 19.5 Å². The third-order valence-corrected chi connectivity index (χ3v) is 5.20. The number of rotatable bonds is 5. The maximum Gasteiger partial charge on any atom is 0.326 e. The highest BCUT2D eigenvalue weighted by Gasteiger charge is 2.44. The molecule has 6 nitrogen and oxygen atoms in total. The smallest absolute Gasteiger partial charge is 0.326 e. The summed E-state index contributed by atoms with van der Waals surface area (Å²) in [6.07, 6.45) is 1.05. The molecular weight excluding hydrogens is 356 g/mol. The second-order valence-corrected chi connectivity index (χ2v) is 7.25. The van der Waals surface area contributed by atoms with Gasteiger partial charge in [0.2, 0.25) is 5.91 Å². The van der Waals surface area contributed by atoms with Gasteiger partial charge in [0, 0.05) is 13.5 Å². The van der Waals surface area contributed by atoms with Gasteiger partial charge in [-0.1, -0.05) is 48.5 Å². The minimum atomic E-state index is -1.35. The van der Waals surface area contributed by atoms with Gasteiger partial charge in [0.05, 0.1) is 0 Å². The first-order valence-electron chi connectivity index (χ1n) is 9.31. The predicted octanol–water partition coefficient (Wildman–Crippen LogP) is 2.78. The third-order valence-electron chi connectivity index (χ3n) is 5.20. The van der Waals surface area contributed by atoms with Crippen molar-refractivity contribution in [1.82, 2.24) is 10.2 Å². The van der Waals surface area contributed by atoms with E-state index >= 15 is 0 Å². The molecule has 1 saturated heterocycles. The number of carboxylic acid groups (broad SMARTS) is 1. The molecular formula is C22H24N2O4. The number of likely N-dealkylation sites (tertiary alicyclic amines) is 1. The number of hydrogen-bond acceptors (Lipinski definition) is 3. The van der Waals surface area contributed by atoms with Crippen LogP contribution in [0.25, 0.3) is 11.1 Å². The van der Waals surface area contributed by atoms with Gasteiger partial charge in [-0.05, 0) is 42.5 Å². The molecule has 0 saturated carbocycles. The van der Waals surface area contributed by atoms with Crippen molar-refractivity contribution in [3.8, 4) is 11.1 Å². The summed E-state index contributed by atoms with van der Waals surface area (Å²) < 4.78 is 0. The van der Waals surface area contributed by atoms with E-state index in [1.807, 2.05) is 48.5 Å². The van der Waals surface area contributed by atoms with Crippen molar-refractivity contribution in [2.45, 2.75) is 38.3 Å². The summed E-state index contributed by atoms with van der Waals surface area (Å²) in [6, 6.07) is 16.3. The lowest BCUT2D eigenvalue weighted by atomic mass is 9.87. The van der Waals surface area contributed by atoms with Crippen LogP contribution in [0.15, 0.2) is 54.6 Å². The van der Waals surface area contributed by atoms with Gasteiger partial charge in [-0.3, -0.25) is 9.59 Å². The van der Waals surface area contributed by atoms with Gasteiger partial charge in [-0.15, -0.1) is 0 Å². The van der Waals surface area contributed by atoms with Crippen molar-refractivity contribution in [1.29, 1.82) is 0 Å². The highest BCUT2D eigenvalue weighted by molar-refractivity contribution is 5.94. The summed E-state index contributed by atoms with van der Waals surface area (Å²) in [7, 11) is 0. The number of hydrogen-bond donors (Lipinski definition) is 2. The van der Waals surface area contributed by atoms with Crippen LogP contribution in [0, 0.1) is 0 Å². The number of nitrogens with one attached hydrogen (secondary N) is 1. The van der Waals surface area contributed by atoms with Crippen molar-refractivity contribution >= 4 is 17.8 Å². The first-order valence-corrected chi connectivity index (χ1v) is 9.31. The van der Waals surface area contributed by atoms with Gasteiger partial charge in [-0.25, -0.2) is 4.79 Å². The van der Waals surface area contributed by atoms with Gasteiger partial charge in [0.15, 0.2) is 0 Å². The Kier molecular flexibility index (Phi) is 5.49. The second-order valence-electron chi connectivity index (χ2n) is 7.25. The zero-order valence-corrected chi connectivity index (χ0v) is 16.0. The number of benzene rings is 2.